The molecule has 0 bridgehead atoms. The number of benzene rings is 3. The van der Waals surface area contributed by atoms with Gasteiger partial charge in [-0.25, -0.2) is 8.78 Å². The van der Waals surface area contributed by atoms with Crippen LogP contribution >= 0.6 is 0 Å². The topological polar surface area (TPSA) is 70.8 Å². The molecule has 8 heteroatoms. The minimum Gasteiger partial charge on any atom is -0.464 e. The van der Waals surface area contributed by atoms with E-state index in [-0.39, 0.29) is 42.7 Å². The third-order valence-electron chi connectivity index (χ3n) is 5.96. The largest absolute Gasteiger partial charge is 0.464 e. The van der Waals surface area contributed by atoms with E-state index in [1.54, 1.807) is 42.5 Å². The highest BCUT2D eigenvalue weighted by Gasteiger charge is 2.25. The molecule has 37 heavy (non-hydrogen) atoms. The first-order chi connectivity index (χ1) is 17.9. The van der Waals surface area contributed by atoms with Crippen molar-refractivity contribution in [2.75, 3.05) is 13.1 Å². The number of carbonyl (C=O) groups excluding carboxylic acids is 2. The van der Waals surface area contributed by atoms with Crippen molar-refractivity contribution in [2.45, 2.75) is 26.4 Å². The molecular formula is C29H26F2N2O4. The van der Waals surface area contributed by atoms with Crippen LogP contribution in [0.15, 0.2) is 88.3 Å². The zero-order valence-corrected chi connectivity index (χ0v) is 20.3. The summed E-state index contributed by atoms with van der Waals surface area (Å²) in [6.07, 6.45) is 1.88. The molecule has 0 unspecified atom stereocenters. The normalized spacial score (nSPS) is 10.9. The summed E-state index contributed by atoms with van der Waals surface area (Å²) in [7, 11) is 0. The lowest BCUT2D eigenvalue weighted by Crippen LogP contribution is -2.43. The molecule has 2 amide bonds. The number of hydrogen-bond acceptors (Lipinski definition) is 4. The van der Waals surface area contributed by atoms with Crippen LogP contribution in [0.4, 0.5) is 8.78 Å². The summed E-state index contributed by atoms with van der Waals surface area (Å²) in [5, 5.41) is 0.386. The second-order valence-electron chi connectivity index (χ2n) is 8.67. The predicted octanol–water partition coefficient (Wildman–Crippen LogP) is 5.15. The van der Waals surface area contributed by atoms with Crippen molar-refractivity contribution in [3.05, 3.63) is 118 Å². The molecule has 0 spiro atoms. The van der Waals surface area contributed by atoms with E-state index in [2.05, 4.69) is 0 Å². The first kappa shape index (κ1) is 25.8. The van der Waals surface area contributed by atoms with Crippen LogP contribution in [0.25, 0.3) is 11.0 Å². The number of fused-ring (bicyclic) bond motifs is 1. The SMILES string of the molecule is CCCN(CC(=O)N(Cc1ccc(F)cc1)Cc1coc2ccccc2c1=O)C(=O)c1ccccc1F. The van der Waals surface area contributed by atoms with Crippen LogP contribution in [0, 0.1) is 11.6 Å². The van der Waals surface area contributed by atoms with Gasteiger partial charge in [-0.05, 0) is 48.4 Å². The molecule has 0 aliphatic heterocycles. The van der Waals surface area contributed by atoms with Crippen molar-refractivity contribution in [2.24, 2.45) is 0 Å². The number of rotatable bonds is 9. The van der Waals surface area contributed by atoms with E-state index in [4.69, 9.17) is 4.42 Å². The molecule has 4 rings (SSSR count). The Bertz CT molecular complexity index is 1470. The van der Waals surface area contributed by atoms with Crippen LogP contribution < -0.4 is 5.43 Å². The van der Waals surface area contributed by atoms with E-state index in [1.807, 2.05) is 6.92 Å². The molecule has 0 aliphatic carbocycles. The number of para-hydroxylation sites is 1. The van der Waals surface area contributed by atoms with Gasteiger partial charge in [-0.15, -0.1) is 0 Å². The predicted molar refractivity (Wildman–Crippen MR) is 136 cm³/mol. The van der Waals surface area contributed by atoms with E-state index in [1.165, 1.54) is 46.4 Å². The number of hydrogen-bond donors (Lipinski definition) is 0. The lowest BCUT2D eigenvalue weighted by Gasteiger charge is -2.28. The maximum absolute atomic E-state index is 14.3. The minimum absolute atomic E-state index is 0.0687. The summed E-state index contributed by atoms with van der Waals surface area (Å²) in [5.74, 6) is -2.13. The van der Waals surface area contributed by atoms with Gasteiger partial charge in [0.15, 0.2) is 5.43 Å². The molecule has 0 fully saturated rings. The summed E-state index contributed by atoms with van der Waals surface area (Å²) in [6, 6.07) is 18.1. The Balaban J connectivity index is 1.63. The molecule has 190 valence electrons. The summed E-state index contributed by atoms with van der Waals surface area (Å²) < 4.78 is 33.4. The lowest BCUT2D eigenvalue weighted by molar-refractivity contribution is -0.133. The fraction of sp³-hybridized carbons (Fsp3) is 0.207. The van der Waals surface area contributed by atoms with Gasteiger partial charge in [0, 0.05) is 13.1 Å². The average molecular weight is 505 g/mol. The molecule has 1 heterocycles. The lowest BCUT2D eigenvalue weighted by atomic mass is 10.1. The Labute approximate surface area is 212 Å². The van der Waals surface area contributed by atoms with E-state index in [0.29, 0.717) is 23.0 Å². The second-order valence-corrected chi connectivity index (χ2v) is 8.67. The number of halogens is 2. The highest BCUT2D eigenvalue weighted by Crippen LogP contribution is 2.16. The van der Waals surface area contributed by atoms with Gasteiger partial charge in [-0.2, -0.15) is 0 Å². The second kappa shape index (κ2) is 11.6. The van der Waals surface area contributed by atoms with Crippen LogP contribution in [-0.4, -0.2) is 34.7 Å². The van der Waals surface area contributed by atoms with Gasteiger partial charge >= 0.3 is 0 Å². The van der Waals surface area contributed by atoms with Gasteiger partial charge < -0.3 is 14.2 Å². The molecular weight excluding hydrogens is 478 g/mol. The fourth-order valence-corrected chi connectivity index (χ4v) is 4.07. The summed E-state index contributed by atoms with van der Waals surface area (Å²) in [6.45, 7) is 1.75. The highest BCUT2D eigenvalue weighted by atomic mass is 19.1. The van der Waals surface area contributed by atoms with E-state index in [9.17, 15) is 23.2 Å². The van der Waals surface area contributed by atoms with Crippen LogP contribution in [0.1, 0.15) is 34.8 Å². The first-order valence-electron chi connectivity index (χ1n) is 11.9. The van der Waals surface area contributed by atoms with Gasteiger partial charge in [-0.3, -0.25) is 14.4 Å². The Morgan fingerprint density at radius 1 is 0.865 bits per heavy atom. The van der Waals surface area contributed by atoms with Crippen molar-refractivity contribution in [1.29, 1.82) is 0 Å². The van der Waals surface area contributed by atoms with Gasteiger partial charge in [0.2, 0.25) is 5.91 Å². The average Bonchev–Trinajstić information content (AvgIpc) is 2.90. The highest BCUT2D eigenvalue weighted by molar-refractivity contribution is 5.96. The molecule has 0 N–H and O–H groups in total. The molecule has 0 aliphatic rings. The van der Waals surface area contributed by atoms with Crippen LogP contribution in [0.2, 0.25) is 0 Å². The Morgan fingerprint density at radius 3 is 2.30 bits per heavy atom. The zero-order valence-electron chi connectivity index (χ0n) is 20.3. The molecule has 1 aromatic heterocycles. The number of carbonyl (C=O) groups is 2. The van der Waals surface area contributed by atoms with Crippen LogP contribution in [0.5, 0.6) is 0 Å². The maximum atomic E-state index is 14.3. The van der Waals surface area contributed by atoms with Crippen molar-refractivity contribution < 1.29 is 22.8 Å². The van der Waals surface area contributed by atoms with E-state index < -0.39 is 23.4 Å². The minimum atomic E-state index is -0.669. The molecule has 0 atom stereocenters. The van der Waals surface area contributed by atoms with Crippen LogP contribution in [-0.2, 0) is 17.9 Å². The fourth-order valence-electron chi connectivity index (χ4n) is 4.07. The Kier molecular flexibility index (Phi) is 8.08. The smallest absolute Gasteiger partial charge is 0.257 e. The number of amides is 2. The molecule has 6 nitrogen and oxygen atoms in total. The third-order valence-corrected chi connectivity index (χ3v) is 5.96. The Morgan fingerprint density at radius 2 is 1.57 bits per heavy atom. The van der Waals surface area contributed by atoms with Crippen molar-refractivity contribution in [1.82, 2.24) is 9.80 Å². The molecule has 4 aromatic rings. The van der Waals surface area contributed by atoms with Gasteiger partial charge in [0.05, 0.1) is 29.3 Å². The van der Waals surface area contributed by atoms with E-state index >= 15 is 0 Å². The van der Waals surface area contributed by atoms with Gasteiger partial charge in [0.25, 0.3) is 5.91 Å². The molecule has 0 saturated carbocycles. The quantitative estimate of drug-likeness (QED) is 0.316. The van der Waals surface area contributed by atoms with Gasteiger partial charge in [-0.1, -0.05) is 43.3 Å². The zero-order chi connectivity index (χ0) is 26.4. The summed E-state index contributed by atoms with van der Waals surface area (Å²) >= 11 is 0. The monoisotopic (exact) mass is 504 g/mol. The third kappa shape index (κ3) is 6.09. The summed E-state index contributed by atoms with van der Waals surface area (Å²) in [5.41, 5.74) is 0.937. The van der Waals surface area contributed by atoms with Gasteiger partial charge in [0.1, 0.15) is 23.8 Å². The first-order valence-corrected chi connectivity index (χ1v) is 11.9. The maximum Gasteiger partial charge on any atom is 0.257 e. The van der Waals surface area contributed by atoms with Crippen molar-refractivity contribution in [3.8, 4) is 0 Å². The molecule has 0 saturated heterocycles. The van der Waals surface area contributed by atoms with Crippen molar-refractivity contribution >= 4 is 22.8 Å². The van der Waals surface area contributed by atoms with Crippen molar-refractivity contribution in [3.63, 3.8) is 0 Å². The molecule has 0 radical (unpaired) electrons. The summed E-state index contributed by atoms with van der Waals surface area (Å²) in [4.78, 5) is 42.4. The number of nitrogens with zero attached hydrogens (tertiary/aromatic N) is 2. The van der Waals surface area contributed by atoms with Crippen LogP contribution in [0.3, 0.4) is 0 Å². The Hall–Kier alpha value is -4.33. The van der Waals surface area contributed by atoms with E-state index in [0.717, 1.165) is 0 Å². The molecule has 3 aromatic carbocycles. The standard InChI is InChI=1S/C29H26F2N2O4/c1-2-15-32(29(36)23-7-3-5-9-25(23)31)18-27(34)33(16-20-11-13-22(30)14-12-20)17-21-19-37-26-10-6-4-8-24(26)28(21)35/h3-14,19H,2,15-18H2,1H3.